The van der Waals surface area contributed by atoms with E-state index in [1.807, 2.05) is 79.7 Å². The Morgan fingerprint density at radius 3 is 2.43 bits per heavy atom. The van der Waals surface area contributed by atoms with Crippen LogP contribution in [0, 0.1) is 0 Å². The number of benzene rings is 3. The average molecular weight is 486 g/mol. The van der Waals surface area contributed by atoms with Crippen molar-refractivity contribution in [1.29, 1.82) is 0 Å². The summed E-state index contributed by atoms with van der Waals surface area (Å²) in [5, 5.41) is 3.93. The second kappa shape index (κ2) is 9.43. The summed E-state index contributed by atoms with van der Waals surface area (Å²) in [6.07, 6.45) is 0. The van der Waals surface area contributed by atoms with Crippen molar-refractivity contribution in [2.75, 3.05) is 6.61 Å². The van der Waals surface area contributed by atoms with Gasteiger partial charge in [-0.05, 0) is 26.0 Å². The van der Waals surface area contributed by atoms with E-state index >= 15 is 0 Å². The first-order valence-corrected chi connectivity index (χ1v) is 11.9. The molecule has 5 rings (SSSR count). The molecule has 0 aromatic heterocycles. The van der Waals surface area contributed by atoms with Crippen molar-refractivity contribution >= 4 is 29.1 Å². The Morgan fingerprint density at radius 2 is 1.66 bits per heavy atom. The van der Waals surface area contributed by atoms with Gasteiger partial charge in [0.15, 0.2) is 5.78 Å². The molecular weight excluding hydrogens is 462 g/mol. The number of hydrogen-bond donors (Lipinski definition) is 1. The normalized spacial score (nSPS) is 16.5. The van der Waals surface area contributed by atoms with E-state index in [0.717, 1.165) is 22.4 Å². The first-order chi connectivity index (χ1) is 17.0. The Morgan fingerprint density at radius 1 is 0.971 bits per heavy atom. The monoisotopic (exact) mass is 485 g/mol. The molecule has 0 fully saturated rings. The van der Waals surface area contributed by atoms with Gasteiger partial charge in [0.1, 0.15) is 12.4 Å². The maximum atomic E-state index is 13.7. The molecule has 0 saturated heterocycles. The van der Waals surface area contributed by atoms with Gasteiger partial charge in [0.05, 0.1) is 23.8 Å². The topological polar surface area (TPSA) is 64.6 Å². The number of carbonyl (C=O) groups is 2. The molecular formula is C29H24ClNO4. The summed E-state index contributed by atoms with van der Waals surface area (Å²) in [6.45, 7) is 4.08. The van der Waals surface area contributed by atoms with Gasteiger partial charge in [-0.1, -0.05) is 72.3 Å². The summed E-state index contributed by atoms with van der Waals surface area (Å²) < 4.78 is 11.6. The Hall–Kier alpha value is -3.83. The van der Waals surface area contributed by atoms with Crippen LogP contribution in [0.25, 0.3) is 5.70 Å². The fourth-order valence-corrected chi connectivity index (χ4v) is 4.93. The van der Waals surface area contributed by atoms with Gasteiger partial charge in [-0.3, -0.25) is 4.79 Å². The van der Waals surface area contributed by atoms with Crippen LogP contribution in [0.4, 0.5) is 0 Å². The van der Waals surface area contributed by atoms with E-state index in [-0.39, 0.29) is 19.0 Å². The molecule has 5 nitrogen and oxygen atoms in total. The third kappa shape index (κ3) is 4.02. The lowest BCUT2D eigenvalue weighted by atomic mass is 9.79. The second-order valence-corrected chi connectivity index (χ2v) is 8.81. The number of rotatable bonds is 6. The standard InChI is InChI=1S/C29H24ClNO4/c1-3-34-29(33)24-17(2)31-27-19-11-5-6-12-20(19)28(32)26(27)25(24)21-13-7-9-15-23(21)35-16-18-10-4-8-14-22(18)30/h4-15,25,31H,3,16H2,1-2H3/t25-/m0/s1. The smallest absolute Gasteiger partial charge is 0.336 e. The van der Waals surface area contributed by atoms with Gasteiger partial charge in [-0.25, -0.2) is 4.79 Å². The summed E-state index contributed by atoms with van der Waals surface area (Å²) in [7, 11) is 0. The van der Waals surface area contributed by atoms with Crippen LogP contribution in [-0.2, 0) is 16.1 Å². The Kier molecular flexibility index (Phi) is 6.18. The number of esters is 1. The number of hydrogen-bond acceptors (Lipinski definition) is 5. The summed E-state index contributed by atoms with van der Waals surface area (Å²) in [4.78, 5) is 26.8. The predicted octanol–water partition coefficient (Wildman–Crippen LogP) is 6.05. The van der Waals surface area contributed by atoms with Gasteiger partial charge in [0.2, 0.25) is 0 Å². The first-order valence-electron chi connectivity index (χ1n) is 11.5. The third-order valence-corrected chi connectivity index (χ3v) is 6.68. The molecule has 1 atom stereocenters. The SMILES string of the molecule is CCOC(=O)C1=C(C)NC2=C(C(=O)c3ccccc32)[C@H]1c1ccccc1OCc1ccccc1Cl. The molecule has 3 aromatic carbocycles. The fourth-order valence-electron chi connectivity index (χ4n) is 4.74. The molecule has 1 N–H and O–H groups in total. The molecule has 0 amide bonds. The maximum absolute atomic E-state index is 13.7. The van der Waals surface area contributed by atoms with E-state index < -0.39 is 11.9 Å². The number of carbonyl (C=O) groups excluding carboxylic acids is 2. The zero-order valence-electron chi connectivity index (χ0n) is 19.4. The maximum Gasteiger partial charge on any atom is 0.336 e. The highest BCUT2D eigenvalue weighted by Crippen LogP contribution is 2.48. The number of dihydropyridines is 1. The molecule has 35 heavy (non-hydrogen) atoms. The van der Waals surface area contributed by atoms with Crippen LogP contribution in [0.15, 0.2) is 89.6 Å². The molecule has 0 spiro atoms. The van der Waals surface area contributed by atoms with Crippen LogP contribution >= 0.6 is 11.6 Å². The number of fused-ring (bicyclic) bond motifs is 2. The zero-order chi connectivity index (χ0) is 24.5. The molecule has 1 aliphatic carbocycles. The van der Waals surface area contributed by atoms with Gasteiger partial charge in [0, 0.05) is 38.5 Å². The lowest BCUT2D eigenvalue weighted by Gasteiger charge is -2.30. The van der Waals surface area contributed by atoms with Crippen LogP contribution in [0.1, 0.15) is 46.8 Å². The number of ether oxygens (including phenoxy) is 2. The Bertz CT molecular complexity index is 1410. The molecule has 0 saturated carbocycles. The summed E-state index contributed by atoms with van der Waals surface area (Å²) in [5.74, 6) is -0.640. The largest absolute Gasteiger partial charge is 0.489 e. The van der Waals surface area contributed by atoms with Crippen molar-refractivity contribution in [1.82, 2.24) is 5.32 Å². The van der Waals surface area contributed by atoms with Crippen molar-refractivity contribution in [3.63, 3.8) is 0 Å². The van der Waals surface area contributed by atoms with Crippen molar-refractivity contribution in [3.05, 3.63) is 117 Å². The molecule has 1 aliphatic heterocycles. The van der Waals surface area contributed by atoms with Crippen molar-refractivity contribution in [2.24, 2.45) is 0 Å². The summed E-state index contributed by atoms with van der Waals surface area (Å²) in [6, 6.07) is 22.5. The number of Topliss-reactive ketones (excluding diaryl/α,β-unsaturated/α-hetero) is 1. The van der Waals surface area contributed by atoms with Crippen molar-refractivity contribution in [2.45, 2.75) is 26.4 Å². The van der Waals surface area contributed by atoms with E-state index in [2.05, 4.69) is 5.32 Å². The van der Waals surface area contributed by atoms with Crippen molar-refractivity contribution in [3.8, 4) is 5.75 Å². The lowest BCUT2D eigenvalue weighted by Crippen LogP contribution is -2.29. The molecule has 3 aromatic rings. The molecule has 0 unspecified atom stereocenters. The number of nitrogens with one attached hydrogen (secondary N) is 1. The second-order valence-electron chi connectivity index (χ2n) is 8.40. The average Bonchev–Trinajstić information content (AvgIpc) is 3.14. The molecule has 0 bridgehead atoms. The van der Waals surface area contributed by atoms with E-state index in [9.17, 15) is 9.59 Å². The summed E-state index contributed by atoms with van der Waals surface area (Å²) in [5.41, 5.74) is 5.30. The van der Waals surface area contributed by atoms with E-state index in [4.69, 9.17) is 21.1 Å². The lowest BCUT2D eigenvalue weighted by molar-refractivity contribution is -0.138. The van der Waals surface area contributed by atoms with Gasteiger partial charge >= 0.3 is 5.97 Å². The highest BCUT2D eigenvalue weighted by Gasteiger charge is 2.43. The van der Waals surface area contributed by atoms with Gasteiger partial charge in [0.25, 0.3) is 0 Å². The van der Waals surface area contributed by atoms with Crippen LogP contribution in [0.3, 0.4) is 0 Å². The van der Waals surface area contributed by atoms with Gasteiger partial charge in [-0.2, -0.15) is 0 Å². The minimum Gasteiger partial charge on any atom is -0.489 e. The van der Waals surface area contributed by atoms with E-state index in [1.54, 1.807) is 6.92 Å². The highest BCUT2D eigenvalue weighted by molar-refractivity contribution is 6.31. The Labute approximate surface area is 209 Å². The number of ketones is 1. The van der Waals surface area contributed by atoms with Gasteiger partial charge < -0.3 is 14.8 Å². The van der Waals surface area contributed by atoms with Crippen molar-refractivity contribution < 1.29 is 19.1 Å². The molecule has 176 valence electrons. The Balaban J connectivity index is 1.63. The summed E-state index contributed by atoms with van der Waals surface area (Å²) >= 11 is 6.33. The predicted molar refractivity (Wildman–Crippen MR) is 135 cm³/mol. The van der Waals surface area contributed by atoms with Crippen LogP contribution in [-0.4, -0.2) is 18.4 Å². The first kappa shape index (κ1) is 22.9. The third-order valence-electron chi connectivity index (χ3n) is 6.32. The van der Waals surface area contributed by atoms with E-state index in [0.29, 0.717) is 33.2 Å². The molecule has 2 aliphatic rings. The molecule has 0 radical (unpaired) electrons. The minimum absolute atomic E-state index is 0.108. The number of para-hydroxylation sites is 1. The van der Waals surface area contributed by atoms with Gasteiger partial charge in [-0.15, -0.1) is 0 Å². The number of halogens is 1. The van der Waals surface area contributed by atoms with Crippen LogP contribution in [0.2, 0.25) is 5.02 Å². The van der Waals surface area contributed by atoms with E-state index in [1.165, 1.54) is 0 Å². The van der Waals surface area contributed by atoms with Crippen LogP contribution in [0.5, 0.6) is 5.75 Å². The minimum atomic E-state index is -0.646. The number of allylic oxidation sites excluding steroid dienone is 2. The quantitative estimate of drug-likeness (QED) is 0.430. The fraction of sp³-hybridized carbons (Fsp3) is 0.172. The molecule has 6 heteroatoms. The zero-order valence-corrected chi connectivity index (χ0v) is 20.2. The highest BCUT2D eigenvalue weighted by atomic mass is 35.5. The molecule has 1 heterocycles. The van der Waals surface area contributed by atoms with Crippen LogP contribution < -0.4 is 10.1 Å².